The summed E-state index contributed by atoms with van der Waals surface area (Å²) in [5.74, 6) is 2.22. The number of thioether (sulfide) groups is 1. The molecular formula is C20H39N5O2S. The molecule has 8 heteroatoms. The lowest BCUT2D eigenvalue weighted by Crippen LogP contribution is -2.50. The molecule has 0 radical (unpaired) electrons. The van der Waals surface area contributed by atoms with Gasteiger partial charge in [-0.15, -0.1) is 0 Å². The Hall–Kier alpha value is -1.15. The predicted octanol–water partition coefficient (Wildman–Crippen LogP) is 2.38. The molecule has 0 bridgehead atoms. The molecule has 2 fully saturated rings. The highest BCUT2D eigenvalue weighted by molar-refractivity contribution is 8.00. The van der Waals surface area contributed by atoms with Crippen LogP contribution in [0.25, 0.3) is 0 Å². The molecule has 1 atom stereocenters. The molecule has 0 aromatic heterocycles. The van der Waals surface area contributed by atoms with Gasteiger partial charge < -0.3 is 20.3 Å². The van der Waals surface area contributed by atoms with Crippen LogP contribution in [0.1, 0.15) is 47.0 Å². The van der Waals surface area contributed by atoms with Gasteiger partial charge in [0.1, 0.15) is 5.60 Å². The quantitative estimate of drug-likeness (QED) is 0.379. The molecule has 28 heavy (non-hydrogen) atoms. The maximum Gasteiger partial charge on any atom is 0.410 e. The van der Waals surface area contributed by atoms with Gasteiger partial charge >= 0.3 is 6.09 Å². The molecule has 0 saturated carbocycles. The van der Waals surface area contributed by atoms with Crippen LogP contribution in [0.3, 0.4) is 0 Å². The van der Waals surface area contributed by atoms with Crippen molar-refractivity contribution in [3.63, 3.8) is 0 Å². The van der Waals surface area contributed by atoms with Gasteiger partial charge in [-0.25, -0.2) is 4.79 Å². The van der Waals surface area contributed by atoms with E-state index in [0.29, 0.717) is 5.25 Å². The number of ether oxygens (including phenoxy) is 1. The molecule has 2 aliphatic rings. The van der Waals surface area contributed by atoms with Crippen LogP contribution in [0.5, 0.6) is 0 Å². The van der Waals surface area contributed by atoms with Gasteiger partial charge in [0, 0.05) is 44.5 Å². The van der Waals surface area contributed by atoms with Crippen LogP contribution >= 0.6 is 11.8 Å². The highest BCUT2D eigenvalue weighted by atomic mass is 32.2. The highest BCUT2D eigenvalue weighted by Gasteiger charge is 2.25. The summed E-state index contributed by atoms with van der Waals surface area (Å²) < 4.78 is 5.46. The Bertz CT molecular complexity index is 495. The van der Waals surface area contributed by atoms with Crippen molar-refractivity contribution in [2.45, 2.75) is 57.8 Å². The van der Waals surface area contributed by atoms with Crippen molar-refractivity contribution >= 4 is 23.8 Å². The first-order valence-corrected chi connectivity index (χ1v) is 11.8. The molecule has 7 nitrogen and oxygen atoms in total. The van der Waals surface area contributed by atoms with Gasteiger partial charge in [0.25, 0.3) is 0 Å². The molecule has 0 aromatic carbocycles. The minimum Gasteiger partial charge on any atom is -0.444 e. The minimum absolute atomic E-state index is 0.194. The van der Waals surface area contributed by atoms with E-state index in [1.807, 2.05) is 37.4 Å². The maximum atomic E-state index is 12.1. The summed E-state index contributed by atoms with van der Waals surface area (Å²) in [6, 6.07) is 0. The molecule has 2 N–H and O–H groups in total. The first-order chi connectivity index (χ1) is 13.4. The summed E-state index contributed by atoms with van der Waals surface area (Å²) in [6.45, 7) is 14.9. The van der Waals surface area contributed by atoms with Crippen LogP contribution in [-0.2, 0) is 4.74 Å². The first kappa shape index (κ1) is 23.1. The smallest absolute Gasteiger partial charge is 0.410 e. The molecule has 2 aliphatic heterocycles. The SMILES string of the molecule is CCNC(=NCC1CCCS1)NCCCN1CCN(C(=O)OC(C)(C)C)CC1. The van der Waals surface area contributed by atoms with E-state index in [0.717, 1.165) is 64.7 Å². The van der Waals surface area contributed by atoms with Crippen LogP contribution in [0.4, 0.5) is 4.79 Å². The predicted molar refractivity (Wildman–Crippen MR) is 118 cm³/mol. The second kappa shape index (κ2) is 11.8. The zero-order chi connectivity index (χ0) is 20.4. The van der Waals surface area contributed by atoms with E-state index in [9.17, 15) is 4.79 Å². The lowest BCUT2D eigenvalue weighted by Gasteiger charge is -2.35. The Kier molecular flexibility index (Phi) is 9.71. The summed E-state index contributed by atoms with van der Waals surface area (Å²) in [6.07, 6.45) is 3.49. The number of nitrogens with one attached hydrogen (secondary N) is 2. The molecule has 1 amide bonds. The fourth-order valence-corrected chi connectivity index (χ4v) is 4.49. The zero-order valence-corrected chi connectivity index (χ0v) is 18.9. The number of carbonyl (C=O) groups is 1. The monoisotopic (exact) mass is 413 g/mol. The Balaban J connectivity index is 1.61. The Labute approximate surface area is 175 Å². The van der Waals surface area contributed by atoms with Gasteiger partial charge in [0.2, 0.25) is 0 Å². The van der Waals surface area contributed by atoms with E-state index in [-0.39, 0.29) is 6.09 Å². The van der Waals surface area contributed by atoms with Crippen LogP contribution in [0.2, 0.25) is 0 Å². The lowest BCUT2D eigenvalue weighted by molar-refractivity contribution is 0.0145. The van der Waals surface area contributed by atoms with E-state index >= 15 is 0 Å². The third-order valence-corrected chi connectivity index (χ3v) is 6.17. The molecular weight excluding hydrogens is 374 g/mol. The van der Waals surface area contributed by atoms with Crippen molar-refractivity contribution < 1.29 is 9.53 Å². The van der Waals surface area contributed by atoms with Crippen LogP contribution in [-0.4, -0.2) is 90.8 Å². The number of hydrogen-bond acceptors (Lipinski definition) is 5. The molecule has 2 saturated heterocycles. The molecule has 0 aliphatic carbocycles. The van der Waals surface area contributed by atoms with Crippen molar-refractivity contribution in [2.75, 3.05) is 58.1 Å². The summed E-state index contributed by atoms with van der Waals surface area (Å²) >= 11 is 2.05. The first-order valence-electron chi connectivity index (χ1n) is 10.7. The number of rotatable bonds is 7. The Morgan fingerprint density at radius 2 is 1.96 bits per heavy atom. The number of amides is 1. The van der Waals surface area contributed by atoms with Gasteiger partial charge in [0.15, 0.2) is 5.96 Å². The second-order valence-electron chi connectivity index (χ2n) is 8.44. The normalized spacial score (nSPS) is 21.6. The van der Waals surface area contributed by atoms with E-state index in [4.69, 9.17) is 9.73 Å². The number of piperazine rings is 1. The van der Waals surface area contributed by atoms with Crippen molar-refractivity contribution in [1.82, 2.24) is 20.4 Å². The van der Waals surface area contributed by atoms with Gasteiger partial charge in [-0.05, 0) is 59.3 Å². The summed E-state index contributed by atoms with van der Waals surface area (Å²) in [5, 5.41) is 7.49. The second-order valence-corrected chi connectivity index (χ2v) is 9.85. The average Bonchev–Trinajstić information content (AvgIpc) is 3.16. The largest absolute Gasteiger partial charge is 0.444 e. The summed E-state index contributed by atoms with van der Waals surface area (Å²) in [4.78, 5) is 21.1. The number of hydrogen-bond donors (Lipinski definition) is 2. The van der Waals surface area contributed by atoms with E-state index in [1.54, 1.807) is 0 Å². The van der Waals surface area contributed by atoms with E-state index < -0.39 is 5.60 Å². The van der Waals surface area contributed by atoms with Crippen LogP contribution < -0.4 is 10.6 Å². The Morgan fingerprint density at radius 1 is 1.21 bits per heavy atom. The fraction of sp³-hybridized carbons (Fsp3) is 0.900. The highest BCUT2D eigenvalue weighted by Crippen LogP contribution is 2.25. The lowest BCUT2D eigenvalue weighted by atomic mass is 10.2. The van der Waals surface area contributed by atoms with Crippen LogP contribution in [0.15, 0.2) is 4.99 Å². The van der Waals surface area contributed by atoms with E-state index in [2.05, 4.69) is 22.5 Å². The molecule has 0 spiro atoms. The summed E-state index contributed by atoms with van der Waals surface area (Å²) in [7, 11) is 0. The molecule has 0 aromatic rings. The van der Waals surface area contributed by atoms with Crippen molar-refractivity contribution in [2.24, 2.45) is 4.99 Å². The summed E-state index contributed by atoms with van der Waals surface area (Å²) in [5.41, 5.74) is -0.428. The standard InChI is InChI=1S/C20H39N5O2S/c1-5-21-18(23-16-17-8-6-15-28-17)22-9-7-10-24-11-13-25(14-12-24)19(26)27-20(2,3)4/h17H,5-16H2,1-4H3,(H2,21,22,23). The average molecular weight is 414 g/mol. The number of nitrogens with zero attached hydrogens (tertiary/aromatic N) is 3. The number of aliphatic imine (C=N–C) groups is 1. The van der Waals surface area contributed by atoms with Gasteiger partial charge in [-0.2, -0.15) is 11.8 Å². The molecule has 1 unspecified atom stereocenters. The molecule has 162 valence electrons. The van der Waals surface area contributed by atoms with Gasteiger partial charge in [0.05, 0.1) is 6.54 Å². The van der Waals surface area contributed by atoms with Gasteiger partial charge in [-0.3, -0.25) is 9.89 Å². The third-order valence-electron chi connectivity index (χ3n) is 4.79. The number of guanidine groups is 1. The fourth-order valence-electron chi connectivity index (χ4n) is 3.31. The topological polar surface area (TPSA) is 69.2 Å². The van der Waals surface area contributed by atoms with Crippen molar-refractivity contribution in [3.8, 4) is 0 Å². The molecule has 2 heterocycles. The number of carbonyl (C=O) groups excluding carboxylic acids is 1. The Morgan fingerprint density at radius 3 is 2.57 bits per heavy atom. The molecule has 2 rings (SSSR count). The van der Waals surface area contributed by atoms with Gasteiger partial charge in [-0.1, -0.05) is 0 Å². The van der Waals surface area contributed by atoms with Crippen LogP contribution in [0, 0.1) is 0 Å². The third kappa shape index (κ3) is 8.90. The van der Waals surface area contributed by atoms with Crippen molar-refractivity contribution in [1.29, 1.82) is 0 Å². The minimum atomic E-state index is -0.428. The zero-order valence-electron chi connectivity index (χ0n) is 18.1. The maximum absolute atomic E-state index is 12.1. The van der Waals surface area contributed by atoms with Crippen molar-refractivity contribution in [3.05, 3.63) is 0 Å². The van der Waals surface area contributed by atoms with E-state index in [1.165, 1.54) is 18.6 Å².